The van der Waals surface area contributed by atoms with E-state index in [9.17, 15) is 4.79 Å². The van der Waals surface area contributed by atoms with Crippen LogP contribution < -0.4 is 10.2 Å². The highest BCUT2D eigenvalue weighted by Gasteiger charge is 2.25. The number of hydrogen-bond donors (Lipinski definition) is 1. The molecule has 0 bridgehead atoms. The lowest BCUT2D eigenvalue weighted by molar-refractivity contribution is 0.193. The number of para-hydroxylation sites is 2. The van der Waals surface area contributed by atoms with Crippen LogP contribution in [0, 0.1) is 5.92 Å². The zero-order valence-corrected chi connectivity index (χ0v) is 17.2. The molecule has 0 unspecified atom stereocenters. The number of imidazole rings is 1. The smallest absolute Gasteiger partial charge is 0.317 e. The highest BCUT2D eigenvalue weighted by atomic mass is 16.2. The second kappa shape index (κ2) is 8.55. The Hall–Kier alpha value is -3.02. The van der Waals surface area contributed by atoms with Gasteiger partial charge in [-0.3, -0.25) is 0 Å². The van der Waals surface area contributed by atoms with Gasteiger partial charge in [0.2, 0.25) is 5.95 Å². The van der Waals surface area contributed by atoms with Crippen LogP contribution in [0.4, 0.5) is 10.7 Å². The molecule has 0 spiro atoms. The summed E-state index contributed by atoms with van der Waals surface area (Å²) in [6, 6.07) is 18.8. The van der Waals surface area contributed by atoms with Crippen LogP contribution in [-0.2, 0) is 6.54 Å². The third-order valence-electron chi connectivity index (χ3n) is 5.33. The van der Waals surface area contributed by atoms with Crippen LogP contribution in [0.15, 0.2) is 54.6 Å². The Labute approximate surface area is 172 Å². The minimum absolute atomic E-state index is 0.0381. The van der Waals surface area contributed by atoms with Gasteiger partial charge in [-0.2, -0.15) is 0 Å². The number of anilines is 1. The summed E-state index contributed by atoms with van der Waals surface area (Å²) < 4.78 is 2.29. The molecule has 6 heteroatoms. The zero-order chi connectivity index (χ0) is 20.2. The maximum Gasteiger partial charge on any atom is 0.317 e. The van der Waals surface area contributed by atoms with Crippen molar-refractivity contribution >= 4 is 23.0 Å². The minimum Gasteiger partial charge on any atom is -0.339 e. The predicted molar refractivity (Wildman–Crippen MR) is 117 cm³/mol. The quantitative estimate of drug-likeness (QED) is 0.723. The largest absolute Gasteiger partial charge is 0.339 e. The lowest BCUT2D eigenvalue weighted by Crippen LogP contribution is -2.52. The van der Waals surface area contributed by atoms with E-state index in [1.807, 2.05) is 17.0 Å². The summed E-state index contributed by atoms with van der Waals surface area (Å²) in [5.74, 6) is 1.44. The lowest BCUT2D eigenvalue weighted by atomic mass is 10.2. The molecule has 1 aliphatic heterocycles. The number of aromatic nitrogens is 2. The first-order valence-electron chi connectivity index (χ1n) is 10.4. The number of benzene rings is 2. The number of nitrogens with zero attached hydrogens (tertiary/aromatic N) is 4. The molecule has 2 aromatic carbocycles. The molecule has 0 radical (unpaired) electrons. The Morgan fingerprint density at radius 2 is 1.69 bits per heavy atom. The van der Waals surface area contributed by atoms with Crippen LogP contribution in [0.1, 0.15) is 19.4 Å². The molecule has 3 aromatic rings. The van der Waals surface area contributed by atoms with Crippen molar-refractivity contribution in [3.63, 3.8) is 0 Å². The number of piperazine rings is 1. The number of nitrogens with one attached hydrogen (secondary N) is 1. The van der Waals surface area contributed by atoms with Crippen LogP contribution in [0.5, 0.6) is 0 Å². The molecule has 152 valence electrons. The van der Waals surface area contributed by atoms with Gasteiger partial charge in [0.15, 0.2) is 0 Å². The van der Waals surface area contributed by atoms with Gasteiger partial charge >= 0.3 is 6.03 Å². The van der Waals surface area contributed by atoms with Gasteiger partial charge in [-0.05, 0) is 23.6 Å². The predicted octanol–water partition coefficient (Wildman–Crippen LogP) is 3.57. The van der Waals surface area contributed by atoms with Gasteiger partial charge in [-0.15, -0.1) is 0 Å². The third-order valence-corrected chi connectivity index (χ3v) is 5.33. The molecule has 1 aromatic heterocycles. The maximum absolute atomic E-state index is 12.4. The first kappa shape index (κ1) is 19.3. The van der Waals surface area contributed by atoms with Gasteiger partial charge in [0.25, 0.3) is 0 Å². The normalized spacial score (nSPS) is 14.6. The molecule has 29 heavy (non-hydrogen) atoms. The number of hydrogen-bond acceptors (Lipinski definition) is 3. The first-order chi connectivity index (χ1) is 14.1. The molecule has 2 amide bonds. The number of amides is 2. The van der Waals surface area contributed by atoms with Gasteiger partial charge in [0, 0.05) is 32.7 Å². The molecule has 0 atom stereocenters. The monoisotopic (exact) mass is 391 g/mol. The van der Waals surface area contributed by atoms with E-state index < -0.39 is 0 Å². The van der Waals surface area contributed by atoms with Crippen molar-refractivity contribution in [3.8, 4) is 0 Å². The number of carbonyl (C=O) groups is 1. The highest BCUT2D eigenvalue weighted by Crippen LogP contribution is 2.25. The van der Waals surface area contributed by atoms with Gasteiger partial charge in [-0.1, -0.05) is 56.3 Å². The van der Waals surface area contributed by atoms with Crippen molar-refractivity contribution in [1.82, 2.24) is 19.8 Å². The highest BCUT2D eigenvalue weighted by molar-refractivity contribution is 5.79. The van der Waals surface area contributed by atoms with Gasteiger partial charge < -0.3 is 19.7 Å². The standard InChI is InChI=1S/C23H29N5O/c1-18(2)16-24-23(29)27-14-12-26(13-15-27)22-25-20-10-6-7-11-21(20)28(22)17-19-8-4-3-5-9-19/h3-11,18H,12-17H2,1-2H3,(H,24,29). The summed E-state index contributed by atoms with van der Waals surface area (Å²) in [6.07, 6.45) is 0. The molecule has 1 N–H and O–H groups in total. The van der Waals surface area contributed by atoms with E-state index in [-0.39, 0.29) is 6.03 Å². The molecule has 0 saturated carbocycles. The maximum atomic E-state index is 12.4. The molecular formula is C23H29N5O. The lowest BCUT2D eigenvalue weighted by Gasteiger charge is -2.35. The fraction of sp³-hybridized carbons (Fsp3) is 0.391. The minimum atomic E-state index is 0.0381. The Kier molecular flexibility index (Phi) is 5.69. The first-order valence-corrected chi connectivity index (χ1v) is 10.4. The van der Waals surface area contributed by atoms with E-state index in [4.69, 9.17) is 4.98 Å². The van der Waals surface area contributed by atoms with Crippen molar-refractivity contribution in [3.05, 3.63) is 60.2 Å². The molecule has 1 fully saturated rings. The van der Waals surface area contributed by atoms with Crippen molar-refractivity contribution in [2.24, 2.45) is 5.92 Å². The molecule has 4 rings (SSSR count). The zero-order valence-electron chi connectivity index (χ0n) is 17.2. The average Bonchev–Trinajstić information content (AvgIpc) is 3.11. The SMILES string of the molecule is CC(C)CNC(=O)N1CCN(c2nc3ccccc3n2Cc2ccccc2)CC1. The van der Waals surface area contributed by atoms with Gasteiger partial charge in [-0.25, -0.2) is 9.78 Å². The van der Waals surface area contributed by atoms with Crippen molar-refractivity contribution in [2.45, 2.75) is 20.4 Å². The van der Waals surface area contributed by atoms with E-state index in [1.165, 1.54) is 5.56 Å². The fourth-order valence-corrected chi connectivity index (χ4v) is 3.74. The van der Waals surface area contributed by atoms with Crippen molar-refractivity contribution in [2.75, 3.05) is 37.6 Å². The molecule has 1 aliphatic rings. The van der Waals surface area contributed by atoms with E-state index in [0.717, 1.165) is 36.6 Å². The van der Waals surface area contributed by atoms with E-state index in [0.29, 0.717) is 25.6 Å². The van der Waals surface area contributed by atoms with Crippen LogP contribution in [0.3, 0.4) is 0 Å². The van der Waals surface area contributed by atoms with Gasteiger partial charge in [0.05, 0.1) is 17.6 Å². The number of urea groups is 1. The Morgan fingerprint density at radius 3 is 2.41 bits per heavy atom. The molecule has 6 nitrogen and oxygen atoms in total. The molecule has 1 saturated heterocycles. The Morgan fingerprint density at radius 1 is 1.00 bits per heavy atom. The summed E-state index contributed by atoms with van der Waals surface area (Å²) in [4.78, 5) is 21.5. The summed E-state index contributed by atoms with van der Waals surface area (Å²) >= 11 is 0. The summed E-state index contributed by atoms with van der Waals surface area (Å²) in [7, 11) is 0. The number of fused-ring (bicyclic) bond motifs is 1. The van der Waals surface area contributed by atoms with Crippen molar-refractivity contribution in [1.29, 1.82) is 0 Å². The van der Waals surface area contributed by atoms with Crippen LogP contribution in [0.25, 0.3) is 11.0 Å². The summed E-state index contributed by atoms with van der Waals surface area (Å²) in [5.41, 5.74) is 3.41. The Bertz CT molecular complexity index is 958. The fourth-order valence-electron chi connectivity index (χ4n) is 3.74. The van der Waals surface area contributed by atoms with E-state index in [2.05, 4.69) is 71.1 Å². The van der Waals surface area contributed by atoms with Crippen LogP contribution >= 0.6 is 0 Å². The van der Waals surface area contributed by atoms with Gasteiger partial charge in [0.1, 0.15) is 0 Å². The molecule has 0 aliphatic carbocycles. The summed E-state index contributed by atoms with van der Waals surface area (Å²) in [6.45, 7) is 8.69. The molecular weight excluding hydrogens is 362 g/mol. The van der Waals surface area contributed by atoms with Crippen LogP contribution in [0.2, 0.25) is 0 Å². The second-order valence-electron chi connectivity index (χ2n) is 8.03. The summed E-state index contributed by atoms with van der Waals surface area (Å²) in [5, 5.41) is 3.02. The second-order valence-corrected chi connectivity index (χ2v) is 8.03. The molecule has 2 heterocycles. The van der Waals surface area contributed by atoms with Crippen molar-refractivity contribution < 1.29 is 4.79 Å². The third kappa shape index (κ3) is 4.36. The van der Waals surface area contributed by atoms with E-state index in [1.54, 1.807) is 0 Å². The van der Waals surface area contributed by atoms with Crippen LogP contribution in [-0.4, -0.2) is 53.2 Å². The van der Waals surface area contributed by atoms with E-state index >= 15 is 0 Å². The Balaban J connectivity index is 1.52. The number of carbonyl (C=O) groups excluding carboxylic acids is 1. The average molecular weight is 392 g/mol. The topological polar surface area (TPSA) is 53.4 Å². The number of rotatable bonds is 5.